The van der Waals surface area contributed by atoms with E-state index in [-0.39, 0.29) is 30.6 Å². The first-order chi connectivity index (χ1) is 13.5. The van der Waals surface area contributed by atoms with Crippen LogP contribution in [0.4, 0.5) is 10.8 Å². The molecular weight excluding hydrogens is 378 g/mol. The van der Waals surface area contributed by atoms with Crippen molar-refractivity contribution in [2.75, 3.05) is 23.9 Å². The van der Waals surface area contributed by atoms with Crippen LogP contribution >= 0.6 is 11.3 Å². The number of anilines is 2. The standard InChI is InChI=1S/C20H21N3O4S/c1-27-18(25)9-15-11-28-20(21-15)22-19(26)14-8-17(24)23(10-14)16-6-5-12-3-2-4-13(12)7-16/h5-7,11,14H,2-4,8-10H2,1H3,(H,21,22,26)/t14-/m1/s1. The van der Waals surface area contributed by atoms with Gasteiger partial charge in [0.25, 0.3) is 0 Å². The second-order valence-corrected chi connectivity index (χ2v) is 7.96. The highest BCUT2D eigenvalue weighted by Gasteiger charge is 2.35. The summed E-state index contributed by atoms with van der Waals surface area (Å²) >= 11 is 1.25. The molecule has 2 heterocycles. The predicted octanol–water partition coefficient (Wildman–Crippen LogP) is 2.34. The number of nitrogens with one attached hydrogen (secondary N) is 1. The quantitative estimate of drug-likeness (QED) is 0.780. The highest BCUT2D eigenvalue weighted by atomic mass is 32.1. The number of ether oxygens (including phenoxy) is 1. The van der Waals surface area contributed by atoms with Crippen molar-refractivity contribution >= 4 is 39.9 Å². The van der Waals surface area contributed by atoms with E-state index < -0.39 is 5.92 Å². The van der Waals surface area contributed by atoms with Crippen LogP contribution in [0.5, 0.6) is 0 Å². The number of hydrogen-bond acceptors (Lipinski definition) is 6. The van der Waals surface area contributed by atoms with E-state index in [1.54, 1.807) is 10.3 Å². The molecule has 1 aromatic heterocycles. The third-order valence-corrected chi connectivity index (χ3v) is 6.03. The predicted molar refractivity (Wildman–Crippen MR) is 105 cm³/mol. The Balaban J connectivity index is 1.39. The zero-order valence-electron chi connectivity index (χ0n) is 15.6. The van der Waals surface area contributed by atoms with Crippen LogP contribution in [0.15, 0.2) is 23.6 Å². The number of carbonyl (C=O) groups is 3. The second kappa shape index (κ2) is 7.71. The Morgan fingerprint density at radius 3 is 2.96 bits per heavy atom. The first-order valence-corrected chi connectivity index (χ1v) is 10.2. The Hall–Kier alpha value is -2.74. The first kappa shape index (κ1) is 18.6. The maximum atomic E-state index is 12.6. The summed E-state index contributed by atoms with van der Waals surface area (Å²) in [4.78, 5) is 42.3. The maximum absolute atomic E-state index is 12.6. The number of fused-ring (bicyclic) bond motifs is 1. The third-order valence-electron chi connectivity index (χ3n) is 5.22. The molecule has 2 aromatic rings. The largest absolute Gasteiger partial charge is 0.469 e. The molecule has 4 rings (SSSR count). The summed E-state index contributed by atoms with van der Waals surface area (Å²) in [7, 11) is 1.32. The Kier molecular flexibility index (Phi) is 5.13. The molecule has 0 spiro atoms. The summed E-state index contributed by atoms with van der Waals surface area (Å²) in [6, 6.07) is 6.15. The van der Waals surface area contributed by atoms with E-state index in [0.29, 0.717) is 17.4 Å². The average molecular weight is 399 g/mol. The normalized spacial score (nSPS) is 18.2. The van der Waals surface area contributed by atoms with Gasteiger partial charge < -0.3 is 15.0 Å². The lowest BCUT2D eigenvalue weighted by molar-refractivity contribution is -0.139. The smallest absolute Gasteiger partial charge is 0.311 e. The fraction of sp³-hybridized carbons (Fsp3) is 0.400. The van der Waals surface area contributed by atoms with Crippen molar-refractivity contribution in [2.24, 2.45) is 5.92 Å². The van der Waals surface area contributed by atoms with Crippen LogP contribution in [-0.4, -0.2) is 36.4 Å². The summed E-state index contributed by atoms with van der Waals surface area (Å²) in [6.07, 6.45) is 3.55. The number of aromatic nitrogens is 1. The van der Waals surface area contributed by atoms with Crippen LogP contribution in [0, 0.1) is 5.92 Å². The van der Waals surface area contributed by atoms with Crippen molar-refractivity contribution in [2.45, 2.75) is 32.1 Å². The number of nitrogens with zero attached hydrogens (tertiary/aromatic N) is 2. The number of benzene rings is 1. The zero-order valence-corrected chi connectivity index (χ0v) is 16.4. The van der Waals surface area contributed by atoms with Gasteiger partial charge in [0.2, 0.25) is 11.8 Å². The molecule has 1 aliphatic carbocycles. The number of thiazole rings is 1. The molecule has 146 valence electrons. The molecule has 28 heavy (non-hydrogen) atoms. The van der Waals surface area contributed by atoms with Crippen LogP contribution in [0.2, 0.25) is 0 Å². The van der Waals surface area contributed by atoms with Crippen LogP contribution in [-0.2, 0) is 38.4 Å². The van der Waals surface area contributed by atoms with Gasteiger partial charge in [-0.3, -0.25) is 14.4 Å². The van der Waals surface area contributed by atoms with Gasteiger partial charge in [-0.25, -0.2) is 4.98 Å². The second-order valence-electron chi connectivity index (χ2n) is 7.10. The van der Waals surface area contributed by atoms with E-state index in [1.165, 1.54) is 29.6 Å². The van der Waals surface area contributed by atoms with E-state index in [9.17, 15) is 14.4 Å². The van der Waals surface area contributed by atoms with Gasteiger partial charge in [0, 0.05) is 24.0 Å². The maximum Gasteiger partial charge on any atom is 0.311 e. The lowest BCUT2D eigenvalue weighted by atomic mass is 10.1. The molecular formula is C20H21N3O4S. The summed E-state index contributed by atoms with van der Waals surface area (Å²) in [5, 5.41) is 4.90. The molecule has 1 atom stereocenters. The number of hydrogen-bond donors (Lipinski definition) is 1. The highest BCUT2D eigenvalue weighted by molar-refractivity contribution is 7.13. The molecule has 0 bridgehead atoms. The van der Waals surface area contributed by atoms with E-state index in [1.807, 2.05) is 6.07 Å². The molecule has 2 amide bonds. The van der Waals surface area contributed by atoms with Crippen molar-refractivity contribution in [1.29, 1.82) is 0 Å². The highest BCUT2D eigenvalue weighted by Crippen LogP contribution is 2.31. The van der Waals surface area contributed by atoms with E-state index in [4.69, 9.17) is 0 Å². The van der Waals surface area contributed by atoms with Crippen LogP contribution in [0.1, 0.15) is 29.7 Å². The monoisotopic (exact) mass is 399 g/mol. The Labute approximate surface area is 166 Å². The molecule has 1 fully saturated rings. The number of methoxy groups -OCH3 is 1. The van der Waals surface area contributed by atoms with E-state index in [0.717, 1.165) is 24.9 Å². The number of esters is 1. The van der Waals surface area contributed by atoms with E-state index in [2.05, 4.69) is 27.2 Å². The van der Waals surface area contributed by atoms with Gasteiger partial charge in [0.05, 0.1) is 25.1 Å². The summed E-state index contributed by atoms with van der Waals surface area (Å²) in [6.45, 7) is 0.365. The molecule has 2 aliphatic rings. The fourth-order valence-corrected chi connectivity index (χ4v) is 4.45. The number of carbonyl (C=O) groups excluding carboxylic acids is 3. The van der Waals surface area contributed by atoms with Gasteiger partial charge in [0.15, 0.2) is 5.13 Å². The van der Waals surface area contributed by atoms with Crippen molar-refractivity contribution in [1.82, 2.24) is 4.98 Å². The Morgan fingerprint density at radius 2 is 2.14 bits per heavy atom. The minimum absolute atomic E-state index is 0.0383. The lowest BCUT2D eigenvalue weighted by Crippen LogP contribution is -2.28. The average Bonchev–Trinajstić information content (AvgIpc) is 3.40. The van der Waals surface area contributed by atoms with Crippen LogP contribution in [0.3, 0.4) is 0 Å². The lowest BCUT2D eigenvalue weighted by Gasteiger charge is -2.17. The van der Waals surface area contributed by atoms with Crippen molar-refractivity contribution < 1.29 is 19.1 Å². The molecule has 0 unspecified atom stereocenters. The minimum Gasteiger partial charge on any atom is -0.469 e. The van der Waals surface area contributed by atoms with Crippen molar-refractivity contribution in [3.05, 3.63) is 40.4 Å². The molecule has 0 radical (unpaired) electrons. The molecule has 0 saturated carbocycles. The van der Waals surface area contributed by atoms with Crippen molar-refractivity contribution in [3.63, 3.8) is 0 Å². The number of rotatable bonds is 5. The van der Waals surface area contributed by atoms with Gasteiger partial charge in [-0.2, -0.15) is 0 Å². The van der Waals surface area contributed by atoms with Crippen LogP contribution < -0.4 is 10.2 Å². The van der Waals surface area contributed by atoms with Gasteiger partial charge in [-0.05, 0) is 42.5 Å². The topological polar surface area (TPSA) is 88.6 Å². The zero-order chi connectivity index (χ0) is 19.7. The molecule has 1 N–H and O–H groups in total. The molecule has 1 saturated heterocycles. The first-order valence-electron chi connectivity index (χ1n) is 9.27. The number of aryl methyl sites for hydroxylation is 2. The third kappa shape index (κ3) is 3.77. The number of amides is 2. The summed E-state index contributed by atoms with van der Waals surface area (Å²) in [5.41, 5.74) is 4.08. The Morgan fingerprint density at radius 1 is 1.32 bits per heavy atom. The van der Waals surface area contributed by atoms with Gasteiger partial charge in [-0.15, -0.1) is 11.3 Å². The van der Waals surface area contributed by atoms with Gasteiger partial charge in [-0.1, -0.05) is 6.07 Å². The molecule has 8 heteroatoms. The molecule has 1 aliphatic heterocycles. The minimum atomic E-state index is -0.422. The van der Waals surface area contributed by atoms with Crippen molar-refractivity contribution in [3.8, 4) is 0 Å². The SMILES string of the molecule is COC(=O)Cc1csc(NC(=O)[C@@H]2CC(=O)N(c3ccc4c(c3)CCC4)C2)n1. The van der Waals surface area contributed by atoms with Gasteiger partial charge >= 0.3 is 5.97 Å². The van der Waals surface area contributed by atoms with Crippen LogP contribution in [0.25, 0.3) is 0 Å². The molecule has 1 aromatic carbocycles. The fourth-order valence-electron chi connectivity index (χ4n) is 3.73. The van der Waals surface area contributed by atoms with Gasteiger partial charge in [0.1, 0.15) is 0 Å². The Bertz CT molecular complexity index is 939. The summed E-state index contributed by atoms with van der Waals surface area (Å²) < 4.78 is 4.61. The molecule has 7 nitrogen and oxygen atoms in total. The summed E-state index contributed by atoms with van der Waals surface area (Å²) in [5.74, 6) is -1.07. The van der Waals surface area contributed by atoms with E-state index >= 15 is 0 Å².